The lowest BCUT2D eigenvalue weighted by Crippen LogP contribution is -2.54. The Hall–Kier alpha value is -0.940. The molecule has 0 saturated carbocycles. The highest BCUT2D eigenvalue weighted by atomic mass is 15.3. The molecule has 0 spiro atoms. The van der Waals surface area contributed by atoms with Gasteiger partial charge in [0.2, 0.25) is 0 Å². The van der Waals surface area contributed by atoms with Crippen molar-refractivity contribution < 1.29 is 0 Å². The predicted molar refractivity (Wildman–Crippen MR) is 87.4 cm³/mol. The van der Waals surface area contributed by atoms with E-state index in [2.05, 4.69) is 58.8 Å². The van der Waals surface area contributed by atoms with Crippen LogP contribution in [-0.4, -0.2) is 62.7 Å². The van der Waals surface area contributed by atoms with Crippen molar-refractivity contribution in [2.24, 2.45) is 0 Å². The van der Waals surface area contributed by atoms with Gasteiger partial charge < -0.3 is 15.5 Å². The number of benzene rings is 1. The van der Waals surface area contributed by atoms with Crippen LogP contribution < -0.4 is 10.6 Å². The van der Waals surface area contributed by atoms with E-state index in [4.69, 9.17) is 0 Å². The molecule has 1 fully saturated rings. The maximum Gasteiger partial charge on any atom is 0.0345 e. The van der Waals surface area contributed by atoms with Gasteiger partial charge in [-0.3, -0.25) is 4.90 Å². The molecule has 2 atom stereocenters. The number of hydrogen-bond acceptors (Lipinski definition) is 4. The van der Waals surface area contributed by atoms with E-state index in [9.17, 15) is 0 Å². The largest absolute Gasteiger partial charge is 0.313 e. The zero-order chi connectivity index (χ0) is 14.7. The monoisotopic (exact) mass is 288 g/mol. The Balaban J connectivity index is 1.64. The number of nitrogens with one attached hydrogen (secondary N) is 2. The third-order valence-corrected chi connectivity index (χ3v) is 4.94. The molecule has 4 heteroatoms. The van der Waals surface area contributed by atoms with Crippen LogP contribution in [0.25, 0.3) is 0 Å². The third-order valence-electron chi connectivity index (χ3n) is 4.94. The molecular formula is C17H28N4. The highest BCUT2D eigenvalue weighted by Gasteiger charge is 2.24. The topological polar surface area (TPSA) is 30.5 Å². The summed E-state index contributed by atoms with van der Waals surface area (Å²) in [4.78, 5) is 4.93. The first-order valence-corrected chi connectivity index (χ1v) is 8.14. The molecule has 3 rings (SSSR count). The molecule has 2 unspecified atom stereocenters. The Morgan fingerprint density at radius 3 is 3.00 bits per heavy atom. The van der Waals surface area contributed by atoms with E-state index in [0.717, 1.165) is 26.2 Å². The van der Waals surface area contributed by atoms with Gasteiger partial charge in [-0.1, -0.05) is 24.3 Å². The maximum absolute atomic E-state index is 3.83. The molecule has 2 heterocycles. The SMILES string of the molecule is CN1CCN(C)C(CNC2CCNCc3ccccc32)C1. The fraction of sp³-hybridized carbons (Fsp3) is 0.647. The Morgan fingerprint density at radius 1 is 1.24 bits per heavy atom. The second kappa shape index (κ2) is 6.88. The molecule has 116 valence electrons. The molecule has 0 radical (unpaired) electrons. The molecule has 0 amide bonds. The van der Waals surface area contributed by atoms with Crippen LogP contribution in [0, 0.1) is 0 Å². The summed E-state index contributed by atoms with van der Waals surface area (Å²) >= 11 is 0. The van der Waals surface area contributed by atoms with E-state index in [-0.39, 0.29) is 0 Å². The van der Waals surface area contributed by atoms with Crippen LogP contribution in [0.15, 0.2) is 24.3 Å². The van der Waals surface area contributed by atoms with Crippen LogP contribution in [0.1, 0.15) is 23.6 Å². The van der Waals surface area contributed by atoms with Gasteiger partial charge in [-0.15, -0.1) is 0 Å². The highest BCUT2D eigenvalue weighted by Crippen LogP contribution is 2.23. The number of piperazine rings is 1. The van der Waals surface area contributed by atoms with E-state index in [0.29, 0.717) is 12.1 Å². The summed E-state index contributed by atoms with van der Waals surface area (Å²) in [6.07, 6.45) is 1.17. The van der Waals surface area contributed by atoms with Crippen LogP contribution >= 0.6 is 0 Å². The molecule has 1 aromatic rings. The van der Waals surface area contributed by atoms with E-state index in [1.54, 1.807) is 0 Å². The number of fused-ring (bicyclic) bond motifs is 1. The fourth-order valence-corrected chi connectivity index (χ4v) is 3.47. The second-order valence-electron chi connectivity index (χ2n) is 6.52. The molecule has 0 aromatic heterocycles. The van der Waals surface area contributed by atoms with Gasteiger partial charge in [-0.05, 0) is 38.2 Å². The minimum Gasteiger partial charge on any atom is -0.313 e. The van der Waals surface area contributed by atoms with E-state index in [1.807, 2.05) is 0 Å². The maximum atomic E-state index is 3.83. The summed E-state index contributed by atoms with van der Waals surface area (Å²) in [5.74, 6) is 0. The quantitative estimate of drug-likeness (QED) is 0.871. The molecule has 0 bridgehead atoms. The lowest BCUT2D eigenvalue weighted by molar-refractivity contribution is 0.111. The first kappa shape index (κ1) is 15.0. The summed E-state index contributed by atoms with van der Waals surface area (Å²) in [5.41, 5.74) is 2.93. The molecule has 1 aromatic carbocycles. The third kappa shape index (κ3) is 3.64. The average Bonchev–Trinajstić information content (AvgIpc) is 2.70. The average molecular weight is 288 g/mol. The Labute approximate surface area is 128 Å². The van der Waals surface area contributed by atoms with Crippen LogP contribution in [0.3, 0.4) is 0 Å². The number of rotatable bonds is 3. The van der Waals surface area contributed by atoms with E-state index < -0.39 is 0 Å². The molecular weight excluding hydrogens is 260 g/mol. The van der Waals surface area contributed by atoms with Crippen LogP contribution in [0.4, 0.5) is 0 Å². The van der Waals surface area contributed by atoms with Gasteiger partial charge >= 0.3 is 0 Å². The van der Waals surface area contributed by atoms with Gasteiger partial charge in [0.15, 0.2) is 0 Å². The van der Waals surface area contributed by atoms with Gasteiger partial charge in [0.1, 0.15) is 0 Å². The molecule has 2 aliphatic rings. The van der Waals surface area contributed by atoms with Gasteiger partial charge in [0, 0.05) is 44.8 Å². The zero-order valence-electron chi connectivity index (χ0n) is 13.3. The first-order valence-electron chi connectivity index (χ1n) is 8.14. The Bertz CT molecular complexity index is 462. The summed E-state index contributed by atoms with van der Waals surface area (Å²) in [7, 11) is 4.48. The van der Waals surface area contributed by atoms with Crippen molar-refractivity contribution in [3.05, 3.63) is 35.4 Å². The second-order valence-corrected chi connectivity index (χ2v) is 6.52. The van der Waals surface area contributed by atoms with Crippen molar-refractivity contribution in [1.29, 1.82) is 0 Å². The number of likely N-dealkylation sites (N-methyl/N-ethyl adjacent to an activating group) is 2. The Kier molecular flexibility index (Phi) is 4.91. The smallest absolute Gasteiger partial charge is 0.0345 e. The van der Waals surface area contributed by atoms with Gasteiger partial charge in [-0.2, -0.15) is 0 Å². The van der Waals surface area contributed by atoms with Crippen LogP contribution in [0.5, 0.6) is 0 Å². The number of nitrogens with zero attached hydrogens (tertiary/aromatic N) is 2. The Morgan fingerprint density at radius 2 is 2.10 bits per heavy atom. The standard InChI is InChI=1S/C17H28N4/c1-20-9-10-21(2)15(13-20)12-19-17-7-8-18-11-14-5-3-4-6-16(14)17/h3-6,15,17-19H,7-13H2,1-2H3. The zero-order valence-corrected chi connectivity index (χ0v) is 13.3. The van der Waals surface area contributed by atoms with Crippen molar-refractivity contribution in [2.75, 3.05) is 46.8 Å². The van der Waals surface area contributed by atoms with Crippen LogP contribution in [-0.2, 0) is 6.54 Å². The van der Waals surface area contributed by atoms with Gasteiger partial charge in [0.05, 0.1) is 0 Å². The number of hydrogen-bond donors (Lipinski definition) is 2. The molecule has 1 saturated heterocycles. The molecule has 4 nitrogen and oxygen atoms in total. The van der Waals surface area contributed by atoms with Crippen molar-refractivity contribution in [1.82, 2.24) is 20.4 Å². The summed E-state index contributed by atoms with van der Waals surface area (Å²) < 4.78 is 0. The van der Waals surface area contributed by atoms with E-state index in [1.165, 1.54) is 30.6 Å². The molecule has 0 aliphatic carbocycles. The van der Waals surface area contributed by atoms with Gasteiger partial charge in [0.25, 0.3) is 0 Å². The van der Waals surface area contributed by atoms with Crippen molar-refractivity contribution >= 4 is 0 Å². The minimum atomic E-state index is 0.483. The summed E-state index contributed by atoms with van der Waals surface area (Å²) in [5, 5.41) is 7.36. The summed E-state index contributed by atoms with van der Waals surface area (Å²) in [6.45, 7) is 6.68. The first-order chi connectivity index (χ1) is 10.2. The van der Waals surface area contributed by atoms with Crippen molar-refractivity contribution in [3.63, 3.8) is 0 Å². The van der Waals surface area contributed by atoms with Gasteiger partial charge in [-0.25, -0.2) is 0 Å². The highest BCUT2D eigenvalue weighted by molar-refractivity contribution is 5.31. The van der Waals surface area contributed by atoms with E-state index >= 15 is 0 Å². The molecule has 21 heavy (non-hydrogen) atoms. The van der Waals surface area contributed by atoms with Crippen molar-refractivity contribution in [2.45, 2.75) is 25.0 Å². The summed E-state index contributed by atoms with van der Waals surface area (Å²) in [6, 6.07) is 9.95. The fourth-order valence-electron chi connectivity index (χ4n) is 3.47. The minimum absolute atomic E-state index is 0.483. The lowest BCUT2D eigenvalue weighted by Gasteiger charge is -2.38. The molecule has 2 N–H and O–H groups in total. The van der Waals surface area contributed by atoms with Crippen molar-refractivity contribution in [3.8, 4) is 0 Å². The van der Waals surface area contributed by atoms with Crippen LogP contribution in [0.2, 0.25) is 0 Å². The molecule has 2 aliphatic heterocycles. The lowest BCUT2D eigenvalue weighted by atomic mass is 9.99. The predicted octanol–water partition coefficient (Wildman–Crippen LogP) is 1.06. The normalized spacial score (nSPS) is 28.1.